The van der Waals surface area contributed by atoms with Crippen LogP contribution in [-0.2, 0) is 7.05 Å². The van der Waals surface area contributed by atoms with Crippen LogP contribution in [0.3, 0.4) is 0 Å². The second kappa shape index (κ2) is 5.69. The van der Waals surface area contributed by atoms with E-state index in [0.29, 0.717) is 0 Å². The first-order chi connectivity index (χ1) is 7.19. The van der Waals surface area contributed by atoms with Gasteiger partial charge in [-0.25, -0.2) is 0 Å². The zero-order chi connectivity index (χ0) is 11.3. The minimum absolute atomic E-state index is 0.184. The van der Waals surface area contributed by atoms with Crippen molar-refractivity contribution in [1.29, 1.82) is 0 Å². The van der Waals surface area contributed by atoms with Gasteiger partial charge in [0.05, 0.1) is 11.8 Å². The number of aromatic nitrogens is 2. The van der Waals surface area contributed by atoms with Crippen molar-refractivity contribution in [3.8, 4) is 0 Å². The van der Waals surface area contributed by atoms with Gasteiger partial charge < -0.3 is 0 Å². The molecule has 1 aromatic rings. The minimum Gasteiger partial charge on any atom is -0.294 e. The fraction of sp³-hybridized carbons (Fsp3) is 0.667. The van der Waals surface area contributed by atoms with Crippen molar-refractivity contribution in [2.24, 2.45) is 13.0 Å². The molecule has 0 radical (unpaired) electrons. The lowest BCUT2D eigenvalue weighted by Crippen LogP contribution is -2.14. The van der Waals surface area contributed by atoms with E-state index in [1.807, 2.05) is 7.05 Å². The molecule has 0 aliphatic heterocycles. The molecular weight excluding hydrogens is 188 g/mol. The first-order valence-corrected chi connectivity index (χ1v) is 5.71. The van der Waals surface area contributed by atoms with Crippen LogP contribution in [0.5, 0.6) is 0 Å². The summed E-state index contributed by atoms with van der Waals surface area (Å²) in [7, 11) is 1.84. The zero-order valence-electron chi connectivity index (χ0n) is 9.86. The molecule has 3 heteroatoms. The SMILES string of the molecule is CCCC(CCC)C(=O)c1cnn(C)c1. The van der Waals surface area contributed by atoms with Gasteiger partial charge in [-0.15, -0.1) is 0 Å². The molecule has 1 rings (SSSR count). The maximum absolute atomic E-state index is 12.1. The van der Waals surface area contributed by atoms with Crippen molar-refractivity contribution >= 4 is 5.78 Å². The highest BCUT2D eigenvalue weighted by Gasteiger charge is 2.19. The van der Waals surface area contributed by atoms with E-state index in [4.69, 9.17) is 0 Å². The fourth-order valence-corrected chi connectivity index (χ4v) is 1.89. The quantitative estimate of drug-likeness (QED) is 0.674. The van der Waals surface area contributed by atoms with Gasteiger partial charge in [-0.3, -0.25) is 9.48 Å². The van der Waals surface area contributed by atoms with E-state index in [-0.39, 0.29) is 11.7 Å². The molecule has 0 aliphatic carbocycles. The van der Waals surface area contributed by atoms with Crippen LogP contribution in [0.2, 0.25) is 0 Å². The molecule has 0 atom stereocenters. The van der Waals surface area contributed by atoms with E-state index in [9.17, 15) is 4.79 Å². The molecule has 1 aromatic heterocycles. The van der Waals surface area contributed by atoms with Gasteiger partial charge in [0.15, 0.2) is 5.78 Å². The van der Waals surface area contributed by atoms with Crippen molar-refractivity contribution < 1.29 is 4.79 Å². The molecular formula is C12H20N2O. The highest BCUT2D eigenvalue weighted by molar-refractivity contribution is 5.97. The van der Waals surface area contributed by atoms with Gasteiger partial charge in [0.25, 0.3) is 0 Å². The molecule has 0 amide bonds. The Labute approximate surface area is 91.5 Å². The molecule has 0 spiro atoms. The van der Waals surface area contributed by atoms with Crippen LogP contribution in [-0.4, -0.2) is 15.6 Å². The van der Waals surface area contributed by atoms with E-state index in [2.05, 4.69) is 18.9 Å². The van der Waals surface area contributed by atoms with Gasteiger partial charge in [-0.1, -0.05) is 26.7 Å². The summed E-state index contributed by atoms with van der Waals surface area (Å²) in [6, 6.07) is 0. The second-order valence-corrected chi connectivity index (χ2v) is 4.04. The van der Waals surface area contributed by atoms with Crippen LogP contribution in [0.4, 0.5) is 0 Å². The maximum atomic E-state index is 12.1. The van der Waals surface area contributed by atoms with Gasteiger partial charge in [-0.05, 0) is 12.8 Å². The molecule has 0 aliphatic rings. The number of hydrogen-bond acceptors (Lipinski definition) is 2. The molecule has 0 unspecified atom stereocenters. The normalized spacial score (nSPS) is 10.9. The Bertz CT molecular complexity index is 311. The van der Waals surface area contributed by atoms with E-state index in [1.54, 1.807) is 17.1 Å². The average Bonchev–Trinajstić information content (AvgIpc) is 2.63. The maximum Gasteiger partial charge on any atom is 0.169 e. The molecule has 0 N–H and O–H groups in total. The largest absolute Gasteiger partial charge is 0.294 e. The Morgan fingerprint density at radius 3 is 2.40 bits per heavy atom. The van der Waals surface area contributed by atoms with Gasteiger partial charge in [0.2, 0.25) is 0 Å². The molecule has 1 heterocycles. The van der Waals surface area contributed by atoms with Crippen LogP contribution >= 0.6 is 0 Å². The topological polar surface area (TPSA) is 34.9 Å². The van der Waals surface area contributed by atoms with Crippen LogP contribution in [0.25, 0.3) is 0 Å². The summed E-state index contributed by atoms with van der Waals surface area (Å²) >= 11 is 0. The Morgan fingerprint density at radius 2 is 2.00 bits per heavy atom. The molecule has 0 aromatic carbocycles. The lowest BCUT2D eigenvalue weighted by Gasteiger charge is -2.12. The van der Waals surface area contributed by atoms with E-state index < -0.39 is 0 Å². The number of aryl methyl sites for hydroxylation is 1. The minimum atomic E-state index is 0.184. The van der Waals surface area contributed by atoms with Crippen molar-refractivity contribution in [2.45, 2.75) is 39.5 Å². The second-order valence-electron chi connectivity index (χ2n) is 4.04. The van der Waals surface area contributed by atoms with Crippen LogP contribution in [0, 0.1) is 5.92 Å². The third kappa shape index (κ3) is 3.18. The highest BCUT2D eigenvalue weighted by Crippen LogP contribution is 2.18. The summed E-state index contributed by atoms with van der Waals surface area (Å²) in [6.45, 7) is 4.25. The van der Waals surface area contributed by atoms with Crippen molar-refractivity contribution in [3.63, 3.8) is 0 Å². The third-order valence-corrected chi connectivity index (χ3v) is 2.63. The number of Topliss-reactive ketones (excluding diaryl/α,β-unsaturated/α-hetero) is 1. The monoisotopic (exact) mass is 208 g/mol. The summed E-state index contributed by atoms with van der Waals surface area (Å²) < 4.78 is 1.68. The predicted molar refractivity (Wildman–Crippen MR) is 60.8 cm³/mol. The highest BCUT2D eigenvalue weighted by atomic mass is 16.1. The number of carbonyl (C=O) groups excluding carboxylic acids is 1. The number of carbonyl (C=O) groups is 1. The van der Waals surface area contributed by atoms with E-state index in [0.717, 1.165) is 31.2 Å². The number of nitrogens with zero attached hydrogens (tertiary/aromatic N) is 2. The molecule has 15 heavy (non-hydrogen) atoms. The molecule has 0 bridgehead atoms. The summed E-state index contributed by atoms with van der Waals surface area (Å²) in [5.74, 6) is 0.441. The average molecular weight is 208 g/mol. The molecule has 0 saturated heterocycles. The Kier molecular flexibility index (Phi) is 4.53. The standard InChI is InChI=1S/C12H20N2O/c1-4-6-10(7-5-2)12(15)11-8-13-14(3)9-11/h8-10H,4-7H2,1-3H3. The first kappa shape index (κ1) is 12.0. The molecule has 84 valence electrons. The summed E-state index contributed by atoms with van der Waals surface area (Å²) in [4.78, 5) is 12.1. The van der Waals surface area contributed by atoms with E-state index in [1.165, 1.54) is 0 Å². The van der Waals surface area contributed by atoms with Gasteiger partial charge in [0, 0.05) is 19.2 Å². The lowest BCUT2D eigenvalue weighted by atomic mass is 9.91. The Balaban J connectivity index is 2.71. The first-order valence-electron chi connectivity index (χ1n) is 5.71. The van der Waals surface area contributed by atoms with Gasteiger partial charge in [-0.2, -0.15) is 5.10 Å². The molecule has 3 nitrogen and oxygen atoms in total. The predicted octanol–water partition coefficient (Wildman–Crippen LogP) is 2.82. The Hall–Kier alpha value is -1.12. The van der Waals surface area contributed by atoms with Gasteiger partial charge in [0.1, 0.15) is 0 Å². The number of hydrogen-bond donors (Lipinski definition) is 0. The van der Waals surface area contributed by atoms with Crippen molar-refractivity contribution in [3.05, 3.63) is 18.0 Å². The summed E-state index contributed by atoms with van der Waals surface area (Å²) in [5, 5.41) is 4.04. The number of rotatable bonds is 6. The Morgan fingerprint density at radius 1 is 1.40 bits per heavy atom. The van der Waals surface area contributed by atoms with Gasteiger partial charge >= 0.3 is 0 Å². The molecule has 0 saturated carbocycles. The third-order valence-electron chi connectivity index (χ3n) is 2.63. The van der Waals surface area contributed by atoms with Crippen molar-refractivity contribution in [2.75, 3.05) is 0 Å². The van der Waals surface area contributed by atoms with Crippen molar-refractivity contribution in [1.82, 2.24) is 9.78 Å². The fourth-order valence-electron chi connectivity index (χ4n) is 1.89. The summed E-state index contributed by atoms with van der Waals surface area (Å²) in [5.41, 5.74) is 0.754. The van der Waals surface area contributed by atoms with Crippen LogP contribution in [0.15, 0.2) is 12.4 Å². The summed E-state index contributed by atoms with van der Waals surface area (Å²) in [6.07, 6.45) is 7.58. The van der Waals surface area contributed by atoms with E-state index >= 15 is 0 Å². The lowest BCUT2D eigenvalue weighted by molar-refractivity contribution is 0.0905. The van der Waals surface area contributed by atoms with Crippen LogP contribution < -0.4 is 0 Å². The van der Waals surface area contributed by atoms with Crippen LogP contribution in [0.1, 0.15) is 49.9 Å². The zero-order valence-corrected chi connectivity index (χ0v) is 9.86. The number of ketones is 1. The molecule has 0 fully saturated rings. The smallest absolute Gasteiger partial charge is 0.169 e.